The number of nitrogens with one attached hydrogen (secondary N) is 1. The van der Waals surface area contributed by atoms with Crippen molar-refractivity contribution < 1.29 is 4.79 Å². The van der Waals surface area contributed by atoms with Gasteiger partial charge in [-0.1, -0.05) is 25.3 Å². The van der Waals surface area contributed by atoms with E-state index in [4.69, 9.17) is 10.7 Å². The highest BCUT2D eigenvalue weighted by Gasteiger charge is 2.25. The van der Waals surface area contributed by atoms with Gasteiger partial charge < -0.3 is 11.1 Å². The van der Waals surface area contributed by atoms with E-state index >= 15 is 0 Å². The van der Waals surface area contributed by atoms with Crippen LogP contribution in [0.15, 0.2) is 30.7 Å². The van der Waals surface area contributed by atoms with E-state index in [9.17, 15) is 4.79 Å². The summed E-state index contributed by atoms with van der Waals surface area (Å²) in [5, 5.41) is 3.23. The van der Waals surface area contributed by atoms with Crippen LogP contribution in [0.3, 0.4) is 0 Å². The first-order valence-electron chi connectivity index (χ1n) is 10.7. The Morgan fingerprint density at radius 2 is 1.76 bits per heavy atom. The molecule has 0 spiro atoms. The highest BCUT2D eigenvalue weighted by Crippen LogP contribution is 2.27. The maximum Gasteiger partial charge on any atom is 0.234 e. The fourth-order valence-electron chi connectivity index (χ4n) is 4.47. The molecule has 3 N–H and O–H groups in total. The number of nitrogens with two attached hydrogens (primary N) is 1. The third kappa shape index (κ3) is 5.29. The summed E-state index contributed by atoms with van der Waals surface area (Å²) >= 11 is 0. The summed E-state index contributed by atoms with van der Waals surface area (Å²) in [5.74, 6) is 0.806. The summed E-state index contributed by atoms with van der Waals surface area (Å²) < 4.78 is 0. The second-order valence-electron chi connectivity index (χ2n) is 8.28. The molecule has 0 bridgehead atoms. The summed E-state index contributed by atoms with van der Waals surface area (Å²) in [4.78, 5) is 27.5. The fraction of sp³-hybridized carbons (Fsp3) is 0.545. The zero-order valence-electron chi connectivity index (χ0n) is 16.9. The predicted octanol–water partition coefficient (Wildman–Crippen LogP) is 2.75. The maximum absolute atomic E-state index is 12.5. The molecule has 4 rings (SSSR count). The van der Waals surface area contributed by atoms with Crippen molar-refractivity contribution in [2.45, 2.75) is 56.9 Å². The average molecular weight is 395 g/mol. The van der Waals surface area contributed by atoms with Gasteiger partial charge in [0, 0.05) is 53.9 Å². The van der Waals surface area contributed by atoms with E-state index in [1.54, 1.807) is 12.4 Å². The van der Waals surface area contributed by atoms with Crippen molar-refractivity contribution in [1.29, 1.82) is 0 Å². The second-order valence-corrected chi connectivity index (χ2v) is 8.28. The minimum Gasteiger partial charge on any atom is -0.368 e. The van der Waals surface area contributed by atoms with Crippen LogP contribution in [0.5, 0.6) is 0 Å². The van der Waals surface area contributed by atoms with Gasteiger partial charge in [-0.25, -0.2) is 9.97 Å². The van der Waals surface area contributed by atoms with Crippen molar-refractivity contribution in [3.63, 3.8) is 0 Å². The Kier molecular flexibility index (Phi) is 6.34. The smallest absolute Gasteiger partial charge is 0.234 e. The minimum absolute atomic E-state index is 0.171. The number of anilines is 1. The number of nitrogens with zero attached hydrogens (tertiary/aromatic N) is 4. The van der Waals surface area contributed by atoms with Crippen LogP contribution in [0.25, 0.3) is 11.1 Å². The largest absolute Gasteiger partial charge is 0.368 e. The number of nitrogen functional groups attached to an aromatic ring is 1. The van der Waals surface area contributed by atoms with Crippen molar-refractivity contribution in [3.8, 4) is 11.1 Å². The van der Waals surface area contributed by atoms with Crippen LogP contribution in [0.2, 0.25) is 0 Å². The number of likely N-dealkylation sites (tertiary alicyclic amines) is 1. The van der Waals surface area contributed by atoms with Gasteiger partial charge in [-0.15, -0.1) is 0 Å². The summed E-state index contributed by atoms with van der Waals surface area (Å²) in [6.07, 6.45) is 13.5. The van der Waals surface area contributed by atoms with Crippen molar-refractivity contribution in [2.24, 2.45) is 0 Å². The number of hydrogen-bond acceptors (Lipinski definition) is 6. The van der Waals surface area contributed by atoms with E-state index in [1.807, 2.05) is 6.20 Å². The molecule has 0 aromatic carbocycles. The van der Waals surface area contributed by atoms with Gasteiger partial charge in [0.1, 0.15) is 0 Å². The molecule has 1 saturated heterocycles. The lowest BCUT2D eigenvalue weighted by Crippen LogP contribution is -2.45. The van der Waals surface area contributed by atoms with Gasteiger partial charge >= 0.3 is 0 Å². The van der Waals surface area contributed by atoms with Crippen LogP contribution in [-0.4, -0.2) is 51.4 Å². The van der Waals surface area contributed by atoms with Crippen LogP contribution in [0.4, 0.5) is 5.95 Å². The first kappa shape index (κ1) is 19.8. The molecule has 0 radical (unpaired) electrons. The van der Waals surface area contributed by atoms with E-state index < -0.39 is 0 Å². The molecule has 2 aromatic rings. The van der Waals surface area contributed by atoms with Gasteiger partial charge in [-0.2, -0.15) is 0 Å². The fourth-order valence-corrected chi connectivity index (χ4v) is 4.47. The Hall–Kier alpha value is -2.54. The number of carbonyl (C=O) groups is 1. The lowest BCUT2D eigenvalue weighted by Gasteiger charge is -2.32. The number of hydrogen-bond donors (Lipinski definition) is 2. The molecule has 154 valence electrons. The standard InChI is InChI=1S/C22H30N6O/c23-22-25-12-18(13-26-22)16-8-9-20(24-11-16)17-5-4-10-28(14-17)15-21(29)27-19-6-2-1-3-7-19/h8-9,11-13,17,19H,1-7,10,14-15H2,(H,27,29)(H2,23,25,26)/t17-/m0/s1. The van der Waals surface area contributed by atoms with Crippen molar-refractivity contribution >= 4 is 11.9 Å². The molecule has 2 aliphatic rings. The number of pyridine rings is 1. The molecule has 29 heavy (non-hydrogen) atoms. The minimum atomic E-state index is 0.171. The molecule has 1 atom stereocenters. The Morgan fingerprint density at radius 1 is 1.00 bits per heavy atom. The number of amides is 1. The van der Waals surface area contributed by atoms with Gasteiger partial charge in [0.15, 0.2) is 0 Å². The molecule has 7 heteroatoms. The van der Waals surface area contributed by atoms with Gasteiger partial charge in [0.05, 0.1) is 6.54 Å². The average Bonchev–Trinajstić information content (AvgIpc) is 2.75. The Morgan fingerprint density at radius 3 is 2.48 bits per heavy atom. The topological polar surface area (TPSA) is 97.0 Å². The summed E-state index contributed by atoms with van der Waals surface area (Å²) in [6, 6.07) is 4.52. The number of carbonyl (C=O) groups excluding carboxylic acids is 1. The lowest BCUT2D eigenvalue weighted by molar-refractivity contribution is -0.123. The van der Waals surface area contributed by atoms with Gasteiger partial charge in [0.25, 0.3) is 0 Å². The molecule has 0 unspecified atom stereocenters. The third-order valence-electron chi connectivity index (χ3n) is 6.05. The molecule has 3 heterocycles. The number of aromatic nitrogens is 3. The van der Waals surface area contributed by atoms with E-state index in [0.717, 1.165) is 55.6 Å². The molecule has 2 aromatic heterocycles. The van der Waals surface area contributed by atoms with Crippen LogP contribution in [0.1, 0.15) is 56.6 Å². The monoisotopic (exact) mass is 394 g/mol. The molecular weight excluding hydrogens is 364 g/mol. The molecular formula is C22H30N6O. The second kappa shape index (κ2) is 9.31. The van der Waals surface area contributed by atoms with Gasteiger partial charge in [0.2, 0.25) is 11.9 Å². The molecule has 1 aliphatic heterocycles. The van der Waals surface area contributed by atoms with Crippen LogP contribution >= 0.6 is 0 Å². The quantitative estimate of drug-likeness (QED) is 0.809. The van der Waals surface area contributed by atoms with Crippen molar-refractivity contribution in [3.05, 3.63) is 36.4 Å². The summed E-state index contributed by atoms with van der Waals surface area (Å²) in [5.41, 5.74) is 8.53. The SMILES string of the molecule is Nc1ncc(-c2ccc([C@H]3CCCN(CC(=O)NC4CCCCC4)C3)nc2)cn1. The van der Waals surface area contributed by atoms with E-state index in [0.29, 0.717) is 18.5 Å². The molecule has 1 amide bonds. The molecule has 1 aliphatic carbocycles. The Balaban J connectivity index is 1.33. The van der Waals surface area contributed by atoms with E-state index in [2.05, 4.69) is 32.3 Å². The molecule has 7 nitrogen and oxygen atoms in total. The third-order valence-corrected chi connectivity index (χ3v) is 6.05. The number of rotatable bonds is 5. The van der Waals surface area contributed by atoms with Crippen molar-refractivity contribution in [2.75, 3.05) is 25.4 Å². The molecule has 2 fully saturated rings. The highest BCUT2D eigenvalue weighted by molar-refractivity contribution is 5.78. The zero-order chi connectivity index (χ0) is 20.1. The van der Waals surface area contributed by atoms with E-state index in [-0.39, 0.29) is 11.9 Å². The summed E-state index contributed by atoms with van der Waals surface area (Å²) in [7, 11) is 0. The Labute approximate surface area is 172 Å². The predicted molar refractivity (Wildman–Crippen MR) is 113 cm³/mol. The van der Waals surface area contributed by atoms with E-state index in [1.165, 1.54) is 19.3 Å². The summed E-state index contributed by atoms with van der Waals surface area (Å²) in [6.45, 7) is 2.36. The normalized spacial score (nSPS) is 21.0. The first-order valence-corrected chi connectivity index (χ1v) is 10.7. The zero-order valence-corrected chi connectivity index (χ0v) is 16.9. The van der Waals surface area contributed by atoms with Gasteiger partial charge in [-0.3, -0.25) is 14.7 Å². The first-order chi connectivity index (χ1) is 14.2. The number of piperidine rings is 1. The molecule has 1 saturated carbocycles. The van der Waals surface area contributed by atoms with Crippen molar-refractivity contribution in [1.82, 2.24) is 25.2 Å². The maximum atomic E-state index is 12.5. The van der Waals surface area contributed by atoms with Crippen LogP contribution < -0.4 is 11.1 Å². The Bertz CT molecular complexity index is 801. The highest BCUT2D eigenvalue weighted by atomic mass is 16.2. The van der Waals surface area contributed by atoms with Crippen LogP contribution in [0, 0.1) is 0 Å². The lowest BCUT2D eigenvalue weighted by atomic mass is 9.93. The van der Waals surface area contributed by atoms with Crippen LogP contribution in [-0.2, 0) is 4.79 Å². The van der Waals surface area contributed by atoms with Gasteiger partial charge in [-0.05, 0) is 38.3 Å².